The molecule has 1 heterocycles. The molecule has 1 saturated heterocycles. The van der Waals surface area contributed by atoms with Crippen molar-refractivity contribution in [2.45, 2.75) is 86.2 Å². The molecule has 0 N–H and O–H groups in total. The van der Waals surface area contributed by atoms with Gasteiger partial charge in [-0.05, 0) is 43.8 Å². The Hall–Kier alpha value is -0.783. The molecule has 0 aromatic heterocycles. The monoisotopic (exact) mass is 362 g/mol. The molecular formula is C22H38O2Si. The van der Waals surface area contributed by atoms with Gasteiger partial charge in [-0.2, -0.15) is 0 Å². The molecular weight excluding hydrogens is 324 g/mol. The maximum Gasteiger partial charge on any atom is 0.162 e. The third-order valence-corrected chi connectivity index (χ3v) is 5.24. The first-order chi connectivity index (χ1) is 11.3. The Labute approximate surface area is 157 Å². The molecule has 3 heteroatoms. The molecule has 0 radical (unpaired) electrons. The first-order valence-corrected chi connectivity index (χ1v) is 13.0. The van der Waals surface area contributed by atoms with Crippen molar-refractivity contribution in [3.63, 3.8) is 0 Å². The second-order valence-corrected chi connectivity index (χ2v) is 14.6. The lowest BCUT2D eigenvalue weighted by molar-refractivity contribution is -0.284. The third-order valence-electron chi connectivity index (χ3n) is 4.32. The molecule has 1 rings (SSSR count). The summed E-state index contributed by atoms with van der Waals surface area (Å²) < 4.78 is 12.1. The first kappa shape index (κ1) is 22.3. The fraction of sp³-hybridized carbons (Fsp3) is 0.773. The predicted molar refractivity (Wildman–Crippen MR) is 110 cm³/mol. The topological polar surface area (TPSA) is 18.5 Å². The zero-order chi connectivity index (χ0) is 19.4. The quantitative estimate of drug-likeness (QED) is 0.349. The van der Waals surface area contributed by atoms with Gasteiger partial charge in [-0.25, -0.2) is 0 Å². The van der Waals surface area contributed by atoms with Crippen LogP contribution in [0.15, 0.2) is 17.4 Å². The van der Waals surface area contributed by atoms with E-state index in [1.807, 2.05) is 13.8 Å². The van der Waals surface area contributed by atoms with Gasteiger partial charge in [0.2, 0.25) is 0 Å². The molecule has 1 fully saturated rings. The summed E-state index contributed by atoms with van der Waals surface area (Å²) >= 11 is 0. The molecule has 2 nitrogen and oxygen atoms in total. The average molecular weight is 363 g/mol. The van der Waals surface area contributed by atoms with Gasteiger partial charge in [0.15, 0.2) is 5.79 Å². The second-order valence-electron chi connectivity index (χ2n) is 9.87. The second kappa shape index (κ2) is 8.27. The average Bonchev–Trinajstić information content (AvgIpc) is 2.44. The molecule has 142 valence electrons. The number of ether oxygens (including phenoxy) is 2. The van der Waals surface area contributed by atoms with Crippen LogP contribution < -0.4 is 0 Å². The molecule has 0 aliphatic carbocycles. The van der Waals surface area contributed by atoms with Crippen LogP contribution in [0.5, 0.6) is 0 Å². The zero-order valence-corrected chi connectivity index (χ0v) is 18.9. The third kappa shape index (κ3) is 7.97. The Balaban J connectivity index is 3.14. The van der Waals surface area contributed by atoms with Gasteiger partial charge in [0.05, 0.1) is 13.2 Å². The number of rotatable bonds is 4. The SMILES string of the molecule is CCC=C=C(CC1(CC#C[Si](C)(C)C)COC(C)(C)OC1)C(C)(C)C. The summed E-state index contributed by atoms with van der Waals surface area (Å²) in [4.78, 5) is 0. The van der Waals surface area contributed by atoms with Crippen molar-refractivity contribution in [2.75, 3.05) is 13.2 Å². The highest BCUT2D eigenvalue weighted by molar-refractivity contribution is 6.83. The Morgan fingerprint density at radius 2 is 1.68 bits per heavy atom. The van der Waals surface area contributed by atoms with E-state index in [0.29, 0.717) is 13.2 Å². The van der Waals surface area contributed by atoms with Gasteiger partial charge < -0.3 is 9.47 Å². The van der Waals surface area contributed by atoms with Crippen molar-refractivity contribution in [1.82, 2.24) is 0 Å². The normalized spacial score (nSPS) is 19.4. The minimum atomic E-state index is -1.37. The maximum atomic E-state index is 6.05. The molecule has 0 bridgehead atoms. The fourth-order valence-electron chi connectivity index (χ4n) is 2.63. The van der Waals surface area contributed by atoms with Crippen LogP contribution in [-0.4, -0.2) is 27.1 Å². The summed E-state index contributed by atoms with van der Waals surface area (Å²) in [7, 11) is -1.37. The van der Waals surface area contributed by atoms with Gasteiger partial charge in [-0.1, -0.05) is 47.3 Å². The fourth-order valence-corrected chi connectivity index (χ4v) is 3.25. The predicted octanol–water partition coefficient (Wildman–Crippen LogP) is 5.95. The van der Waals surface area contributed by atoms with Crippen LogP contribution in [0.25, 0.3) is 0 Å². The Morgan fingerprint density at radius 3 is 2.12 bits per heavy atom. The van der Waals surface area contributed by atoms with Gasteiger partial charge in [0, 0.05) is 11.8 Å². The molecule has 0 atom stereocenters. The summed E-state index contributed by atoms with van der Waals surface area (Å²) in [5, 5.41) is 0. The number of hydrogen-bond donors (Lipinski definition) is 0. The van der Waals surface area contributed by atoms with E-state index in [-0.39, 0.29) is 10.8 Å². The Kier molecular flexibility index (Phi) is 7.37. The van der Waals surface area contributed by atoms with Crippen molar-refractivity contribution >= 4 is 8.07 Å². The van der Waals surface area contributed by atoms with E-state index in [1.54, 1.807) is 0 Å². The standard InChI is InChI=1S/C22H38O2Si/c1-10-11-13-19(20(2,3)4)16-22(14-12-15-25(7,8)9)17-23-21(5,6)24-18-22/h11H,10,14,16-18H2,1-9H3. The van der Waals surface area contributed by atoms with Crippen molar-refractivity contribution in [3.05, 3.63) is 17.4 Å². The van der Waals surface area contributed by atoms with E-state index in [1.165, 1.54) is 5.57 Å². The Bertz CT molecular complexity index is 560. The van der Waals surface area contributed by atoms with Crippen LogP contribution in [0.1, 0.15) is 60.8 Å². The summed E-state index contributed by atoms with van der Waals surface area (Å²) in [5.74, 6) is 2.98. The van der Waals surface area contributed by atoms with Gasteiger partial charge in [0.25, 0.3) is 0 Å². The lowest BCUT2D eigenvalue weighted by Crippen LogP contribution is -2.47. The van der Waals surface area contributed by atoms with Crippen molar-refractivity contribution in [2.24, 2.45) is 10.8 Å². The lowest BCUT2D eigenvalue weighted by Gasteiger charge is -2.44. The van der Waals surface area contributed by atoms with Crippen LogP contribution in [0.4, 0.5) is 0 Å². The van der Waals surface area contributed by atoms with Gasteiger partial charge in [-0.3, -0.25) is 0 Å². The van der Waals surface area contributed by atoms with Crippen LogP contribution in [0.2, 0.25) is 19.6 Å². The molecule has 0 aromatic carbocycles. The van der Waals surface area contributed by atoms with Gasteiger partial charge >= 0.3 is 0 Å². The van der Waals surface area contributed by atoms with Crippen LogP contribution >= 0.6 is 0 Å². The molecule has 1 aliphatic heterocycles. The van der Waals surface area contributed by atoms with E-state index in [2.05, 4.69) is 70.6 Å². The Morgan fingerprint density at radius 1 is 1.12 bits per heavy atom. The molecule has 25 heavy (non-hydrogen) atoms. The molecule has 0 amide bonds. The van der Waals surface area contributed by atoms with E-state index >= 15 is 0 Å². The smallest absolute Gasteiger partial charge is 0.162 e. The molecule has 0 unspecified atom stereocenters. The van der Waals surface area contributed by atoms with Crippen molar-refractivity contribution in [1.29, 1.82) is 0 Å². The molecule has 0 aromatic rings. The molecule has 0 saturated carbocycles. The van der Waals surface area contributed by atoms with Crippen molar-refractivity contribution < 1.29 is 9.47 Å². The van der Waals surface area contributed by atoms with Crippen molar-refractivity contribution in [3.8, 4) is 11.5 Å². The van der Waals surface area contributed by atoms with Gasteiger partial charge in [-0.15, -0.1) is 17.2 Å². The number of hydrogen-bond acceptors (Lipinski definition) is 2. The zero-order valence-electron chi connectivity index (χ0n) is 17.9. The highest BCUT2D eigenvalue weighted by atomic mass is 28.3. The minimum absolute atomic E-state index is 0.0812. The van der Waals surface area contributed by atoms with Crippen LogP contribution in [0.3, 0.4) is 0 Å². The number of allylic oxidation sites excluding steroid dienone is 1. The van der Waals surface area contributed by atoms with E-state index in [9.17, 15) is 0 Å². The van der Waals surface area contributed by atoms with Gasteiger partial charge in [0.1, 0.15) is 8.07 Å². The summed E-state index contributed by atoms with van der Waals surface area (Å²) in [5.41, 5.74) is 8.39. The van der Waals surface area contributed by atoms with E-state index < -0.39 is 13.9 Å². The summed E-state index contributed by atoms with van der Waals surface area (Å²) in [6.45, 7) is 21.1. The van der Waals surface area contributed by atoms with E-state index in [0.717, 1.165) is 19.3 Å². The van der Waals surface area contributed by atoms with E-state index in [4.69, 9.17) is 9.47 Å². The molecule has 1 aliphatic rings. The largest absolute Gasteiger partial charge is 0.350 e. The summed E-state index contributed by atoms with van der Waals surface area (Å²) in [6, 6.07) is 0. The van der Waals surface area contributed by atoms with Crippen LogP contribution in [0, 0.1) is 22.3 Å². The summed E-state index contributed by atoms with van der Waals surface area (Å²) in [6.07, 6.45) is 4.88. The first-order valence-electron chi connectivity index (χ1n) is 9.51. The minimum Gasteiger partial charge on any atom is -0.350 e. The highest BCUT2D eigenvalue weighted by Gasteiger charge is 2.41. The maximum absolute atomic E-state index is 6.05. The van der Waals surface area contributed by atoms with Crippen LogP contribution in [-0.2, 0) is 9.47 Å². The highest BCUT2D eigenvalue weighted by Crippen LogP contribution is 2.41. The molecule has 0 spiro atoms. The lowest BCUT2D eigenvalue weighted by atomic mass is 9.73.